The zero-order valence-electron chi connectivity index (χ0n) is 20.0. The average Bonchev–Trinajstić information content (AvgIpc) is 2.90. The Morgan fingerprint density at radius 1 is 1.09 bits per heavy atom. The maximum atomic E-state index is 13.3. The van der Waals surface area contributed by atoms with Crippen LogP contribution in [0.3, 0.4) is 0 Å². The molecule has 6 nitrogen and oxygen atoms in total. The third-order valence-electron chi connectivity index (χ3n) is 4.07. The van der Waals surface area contributed by atoms with E-state index in [0.717, 1.165) is 17.5 Å². The first-order chi connectivity index (χ1) is 16.6. The molecule has 0 amide bonds. The van der Waals surface area contributed by atoms with Crippen molar-refractivity contribution >= 4 is 17.3 Å². The third-order valence-corrected chi connectivity index (χ3v) is 4.07. The molecule has 3 aromatic heterocycles. The van der Waals surface area contributed by atoms with Gasteiger partial charge in [0, 0.05) is 35.9 Å². The van der Waals surface area contributed by atoms with Crippen LogP contribution < -0.4 is 11.1 Å². The molecule has 0 saturated heterocycles. The van der Waals surface area contributed by atoms with Gasteiger partial charge in [-0.2, -0.15) is 0 Å². The van der Waals surface area contributed by atoms with Gasteiger partial charge in [0.15, 0.2) is 0 Å². The fourth-order valence-corrected chi connectivity index (χ4v) is 2.55. The summed E-state index contributed by atoms with van der Waals surface area (Å²) >= 11 is 0. The van der Waals surface area contributed by atoms with Gasteiger partial charge in [-0.25, -0.2) is 13.8 Å². The minimum atomic E-state index is -1.00. The molecule has 0 fully saturated rings. The predicted molar refractivity (Wildman–Crippen MR) is 138 cm³/mol. The van der Waals surface area contributed by atoms with E-state index >= 15 is 0 Å². The SMILES string of the molecule is C/C=C\CC.CC.Nc1ncc(-c2cccnc2)cc1C(=NC/C(F)=C/F)Nc1cccnc1. The summed E-state index contributed by atoms with van der Waals surface area (Å²) in [6.07, 6.45) is 13.4. The van der Waals surface area contributed by atoms with Crippen LogP contribution in [0.15, 0.2) is 90.6 Å². The summed E-state index contributed by atoms with van der Waals surface area (Å²) in [6.45, 7) is 7.68. The highest BCUT2D eigenvalue weighted by Gasteiger charge is 2.12. The number of rotatable bonds is 6. The van der Waals surface area contributed by atoms with E-state index in [9.17, 15) is 8.78 Å². The lowest BCUT2D eigenvalue weighted by Crippen LogP contribution is -2.17. The largest absolute Gasteiger partial charge is 0.383 e. The summed E-state index contributed by atoms with van der Waals surface area (Å²) in [5.74, 6) is -0.561. The van der Waals surface area contributed by atoms with Crippen LogP contribution in [-0.4, -0.2) is 27.3 Å². The molecule has 0 unspecified atom stereocenters. The van der Waals surface area contributed by atoms with Crippen molar-refractivity contribution < 1.29 is 8.78 Å². The quantitative estimate of drug-likeness (QED) is 0.238. The van der Waals surface area contributed by atoms with Crippen molar-refractivity contribution in [2.45, 2.75) is 34.1 Å². The van der Waals surface area contributed by atoms with Gasteiger partial charge in [0.1, 0.15) is 23.8 Å². The summed E-state index contributed by atoms with van der Waals surface area (Å²) < 4.78 is 25.6. The molecule has 3 N–H and O–H groups in total. The van der Waals surface area contributed by atoms with Crippen molar-refractivity contribution in [3.63, 3.8) is 0 Å². The van der Waals surface area contributed by atoms with Crippen molar-refractivity contribution in [3.05, 3.63) is 91.2 Å². The van der Waals surface area contributed by atoms with Crippen LogP contribution >= 0.6 is 0 Å². The molecule has 0 aliphatic rings. The van der Waals surface area contributed by atoms with Crippen LogP contribution in [0, 0.1) is 0 Å². The molecule has 0 spiro atoms. The lowest BCUT2D eigenvalue weighted by atomic mass is 10.1. The number of amidine groups is 1. The number of aromatic nitrogens is 3. The van der Waals surface area contributed by atoms with Crippen LogP contribution in [0.2, 0.25) is 0 Å². The number of aliphatic imine (C=N–C) groups is 1. The topological polar surface area (TPSA) is 89.1 Å². The Labute approximate surface area is 200 Å². The van der Waals surface area contributed by atoms with Gasteiger partial charge >= 0.3 is 0 Å². The maximum Gasteiger partial charge on any atom is 0.149 e. The molecule has 3 aromatic rings. The summed E-state index contributed by atoms with van der Waals surface area (Å²) in [7, 11) is 0. The number of halogens is 2. The Kier molecular flexibility index (Phi) is 13.8. The zero-order valence-corrected chi connectivity index (χ0v) is 20.0. The van der Waals surface area contributed by atoms with Crippen molar-refractivity contribution in [2.75, 3.05) is 17.6 Å². The lowest BCUT2D eigenvalue weighted by Gasteiger charge is -2.13. The molecular formula is C26H32F2N6. The third kappa shape index (κ3) is 9.68. The van der Waals surface area contributed by atoms with Gasteiger partial charge in [-0.1, -0.05) is 39.0 Å². The fourth-order valence-electron chi connectivity index (χ4n) is 2.55. The monoisotopic (exact) mass is 466 g/mol. The van der Waals surface area contributed by atoms with Crippen molar-refractivity contribution in [1.29, 1.82) is 0 Å². The molecule has 0 bridgehead atoms. The average molecular weight is 467 g/mol. The zero-order chi connectivity index (χ0) is 25.2. The van der Waals surface area contributed by atoms with E-state index in [1.54, 1.807) is 55.2 Å². The highest BCUT2D eigenvalue weighted by molar-refractivity contribution is 6.11. The summed E-state index contributed by atoms with van der Waals surface area (Å²) in [5, 5.41) is 3.03. The summed E-state index contributed by atoms with van der Waals surface area (Å²) in [6, 6.07) is 8.93. The van der Waals surface area contributed by atoms with Gasteiger partial charge in [0.25, 0.3) is 0 Å². The number of anilines is 2. The van der Waals surface area contributed by atoms with Gasteiger partial charge in [0.2, 0.25) is 0 Å². The molecule has 0 aromatic carbocycles. The number of nitrogen functional groups attached to an aromatic ring is 1. The molecule has 180 valence electrons. The van der Waals surface area contributed by atoms with Crippen LogP contribution in [0.4, 0.5) is 20.3 Å². The van der Waals surface area contributed by atoms with Crippen LogP contribution in [0.5, 0.6) is 0 Å². The van der Waals surface area contributed by atoms with Gasteiger partial charge < -0.3 is 11.1 Å². The summed E-state index contributed by atoms with van der Waals surface area (Å²) in [5.41, 5.74) is 8.68. The molecule has 3 rings (SSSR count). The first-order valence-electron chi connectivity index (χ1n) is 11.0. The Morgan fingerprint density at radius 2 is 1.79 bits per heavy atom. The van der Waals surface area contributed by atoms with E-state index in [-0.39, 0.29) is 18.0 Å². The molecule has 0 aliphatic carbocycles. The van der Waals surface area contributed by atoms with Crippen molar-refractivity contribution in [1.82, 2.24) is 15.0 Å². The van der Waals surface area contributed by atoms with Gasteiger partial charge in [-0.05, 0) is 37.6 Å². The molecule has 0 radical (unpaired) electrons. The second-order valence-electron chi connectivity index (χ2n) is 6.46. The second kappa shape index (κ2) is 16.7. The molecular weight excluding hydrogens is 434 g/mol. The standard InChI is InChI=1S/C19H16F2N6.C5H10.C2H6/c20-8-15(21)11-26-19(27-16-4-2-6-24-12-16)17-7-14(10-25-18(17)22)13-3-1-5-23-9-13;1-3-5-4-2;1-2/h1-10,12H,11H2,(H2,22,25)(H,26,27);3,5H,4H2,1-2H3;1-2H3/b15-8-;5-3-;. The maximum absolute atomic E-state index is 13.3. The van der Waals surface area contributed by atoms with Gasteiger partial charge in [-0.15, -0.1) is 0 Å². The Hall–Kier alpha value is -3.94. The Balaban J connectivity index is 0.000000733. The first-order valence-corrected chi connectivity index (χ1v) is 11.0. The number of pyridine rings is 3. The van der Waals surface area contributed by atoms with Gasteiger partial charge in [-0.3, -0.25) is 15.0 Å². The van der Waals surface area contributed by atoms with E-state index in [0.29, 0.717) is 11.3 Å². The normalized spacial score (nSPS) is 11.2. The number of nitrogens with two attached hydrogens (primary N) is 1. The van der Waals surface area contributed by atoms with Gasteiger partial charge in [0.05, 0.1) is 24.0 Å². The molecule has 34 heavy (non-hydrogen) atoms. The van der Waals surface area contributed by atoms with E-state index in [4.69, 9.17) is 5.73 Å². The minimum absolute atomic E-state index is 0.126. The van der Waals surface area contributed by atoms with E-state index < -0.39 is 12.4 Å². The summed E-state index contributed by atoms with van der Waals surface area (Å²) in [4.78, 5) is 16.4. The number of allylic oxidation sites excluding steroid dienone is 2. The van der Waals surface area contributed by atoms with Crippen molar-refractivity contribution in [3.8, 4) is 11.1 Å². The Morgan fingerprint density at radius 3 is 2.32 bits per heavy atom. The highest BCUT2D eigenvalue weighted by Crippen LogP contribution is 2.22. The number of hydrogen-bond acceptors (Lipinski definition) is 5. The number of nitrogens with zero attached hydrogens (tertiary/aromatic N) is 4. The first kappa shape index (κ1) is 28.1. The van der Waals surface area contributed by atoms with E-state index in [1.165, 1.54) is 0 Å². The van der Waals surface area contributed by atoms with Crippen LogP contribution in [0.25, 0.3) is 11.1 Å². The smallest absolute Gasteiger partial charge is 0.149 e. The van der Waals surface area contributed by atoms with Crippen molar-refractivity contribution in [2.24, 2.45) is 4.99 Å². The van der Waals surface area contributed by atoms with E-state index in [1.807, 2.05) is 26.8 Å². The fraction of sp³-hybridized carbons (Fsp3) is 0.231. The molecule has 3 heterocycles. The minimum Gasteiger partial charge on any atom is -0.383 e. The second-order valence-corrected chi connectivity index (χ2v) is 6.46. The highest BCUT2D eigenvalue weighted by atomic mass is 19.2. The molecule has 0 saturated carbocycles. The Bertz CT molecular complexity index is 1050. The number of hydrogen-bond donors (Lipinski definition) is 2. The number of nitrogens with one attached hydrogen (secondary N) is 1. The van der Waals surface area contributed by atoms with E-state index in [2.05, 4.69) is 44.3 Å². The van der Waals surface area contributed by atoms with Crippen LogP contribution in [0.1, 0.15) is 39.7 Å². The predicted octanol–water partition coefficient (Wildman–Crippen LogP) is 6.76. The molecule has 8 heteroatoms. The molecule has 0 atom stereocenters. The van der Waals surface area contributed by atoms with Crippen LogP contribution in [-0.2, 0) is 0 Å². The molecule has 0 aliphatic heterocycles. The lowest BCUT2D eigenvalue weighted by molar-refractivity contribution is 0.570.